The summed E-state index contributed by atoms with van der Waals surface area (Å²) in [5.74, 6) is 0. The van der Waals surface area contributed by atoms with Crippen LogP contribution in [0.15, 0.2) is 41.3 Å². The molecule has 3 aromatic heterocycles. The summed E-state index contributed by atoms with van der Waals surface area (Å²) in [7, 11) is 0. The van der Waals surface area contributed by atoms with Crippen LogP contribution in [0.25, 0.3) is 16.8 Å². The van der Waals surface area contributed by atoms with Gasteiger partial charge in [-0.15, -0.1) is 0 Å². The Morgan fingerprint density at radius 2 is 1.85 bits per heavy atom. The molecule has 0 radical (unpaired) electrons. The van der Waals surface area contributed by atoms with Crippen LogP contribution in [-0.2, 0) is 5.60 Å². The number of hydrogen-bond acceptors (Lipinski definition) is 4. The molecule has 0 spiro atoms. The van der Waals surface area contributed by atoms with Crippen molar-refractivity contribution in [2.24, 2.45) is 0 Å². The topological polar surface area (TPSA) is 72.4 Å². The van der Waals surface area contributed by atoms with Gasteiger partial charge in [-0.25, -0.2) is 9.20 Å². The molecule has 0 unspecified atom stereocenters. The summed E-state index contributed by atoms with van der Waals surface area (Å²) in [5, 5.41) is 20.7. The fraction of sp³-hybridized carbons (Fsp3) is 0.450. The molecule has 0 aliphatic heterocycles. The number of aliphatic hydroxyl groups is 1. The highest BCUT2D eigenvalue weighted by Gasteiger charge is 2.37. The minimum atomic E-state index is -0.944. The second-order valence-corrected chi connectivity index (χ2v) is 7.44. The monoisotopic (exact) mass is 352 g/mol. The molecule has 3 heterocycles. The maximum atomic E-state index is 12.1. The lowest BCUT2D eigenvalue weighted by molar-refractivity contribution is -0.00435. The second kappa shape index (κ2) is 6.36. The fourth-order valence-corrected chi connectivity index (χ4v) is 3.88. The van der Waals surface area contributed by atoms with Crippen molar-refractivity contribution in [3.05, 3.63) is 52.6 Å². The van der Waals surface area contributed by atoms with Crippen LogP contribution in [0, 0.1) is 0 Å². The molecule has 1 saturated carbocycles. The summed E-state index contributed by atoms with van der Waals surface area (Å²) in [5.41, 5.74) is 1.99. The molecule has 3 aromatic rings. The standard InChI is InChI=1S/C20H24N4O2/c1-14(2)24-17(25)10-9-15(21-24)18-16-8-4-7-13-23(16)22-19(18)20(26)11-5-3-6-12-20/h4,7-10,13-14,26H,3,5-6,11-12H2,1-2H3. The first-order valence-corrected chi connectivity index (χ1v) is 9.30. The third-order valence-electron chi connectivity index (χ3n) is 5.23. The molecule has 0 aromatic carbocycles. The lowest BCUT2D eigenvalue weighted by Gasteiger charge is -2.31. The summed E-state index contributed by atoms with van der Waals surface area (Å²) in [6.07, 6.45) is 6.40. The van der Waals surface area contributed by atoms with E-state index in [1.807, 2.05) is 38.2 Å². The number of nitrogens with zero attached hydrogens (tertiary/aromatic N) is 4. The molecule has 1 fully saturated rings. The molecule has 4 rings (SSSR count). The van der Waals surface area contributed by atoms with Gasteiger partial charge in [0.25, 0.3) is 5.56 Å². The van der Waals surface area contributed by atoms with Crippen molar-refractivity contribution in [2.75, 3.05) is 0 Å². The molecule has 0 amide bonds. The Morgan fingerprint density at radius 3 is 2.58 bits per heavy atom. The van der Waals surface area contributed by atoms with E-state index in [1.165, 1.54) is 4.68 Å². The van der Waals surface area contributed by atoms with Crippen LogP contribution in [0.1, 0.15) is 57.7 Å². The van der Waals surface area contributed by atoms with E-state index < -0.39 is 5.60 Å². The Morgan fingerprint density at radius 1 is 1.08 bits per heavy atom. The molecule has 1 aliphatic carbocycles. The minimum Gasteiger partial charge on any atom is -0.383 e. The summed E-state index contributed by atoms with van der Waals surface area (Å²) in [4.78, 5) is 12.1. The zero-order valence-corrected chi connectivity index (χ0v) is 15.2. The first-order valence-electron chi connectivity index (χ1n) is 9.30. The van der Waals surface area contributed by atoms with Crippen LogP contribution in [0.2, 0.25) is 0 Å². The Bertz CT molecular complexity index is 996. The van der Waals surface area contributed by atoms with Gasteiger partial charge >= 0.3 is 0 Å². The van der Waals surface area contributed by atoms with Crippen molar-refractivity contribution in [2.45, 2.75) is 57.6 Å². The van der Waals surface area contributed by atoms with E-state index in [-0.39, 0.29) is 11.6 Å². The van der Waals surface area contributed by atoms with Gasteiger partial charge in [-0.05, 0) is 44.9 Å². The summed E-state index contributed by atoms with van der Waals surface area (Å²) >= 11 is 0. The number of hydrogen-bond donors (Lipinski definition) is 1. The number of rotatable bonds is 3. The van der Waals surface area contributed by atoms with Gasteiger partial charge in [0.2, 0.25) is 0 Å². The largest absolute Gasteiger partial charge is 0.383 e. The highest BCUT2D eigenvalue weighted by molar-refractivity contribution is 5.81. The Kier molecular flexibility index (Phi) is 4.15. The van der Waals surface area contributed by atoms with Gasteiger partial charge in [-0.1, -0.05) is 25.3 Å². The molecule has 1 N–H and O–H groups in total. The van der Waals surface area contributed by atoms with Crippen LogP contribution >= 0.6 is 0 Å². The SMILES string of the molecule is CC(C)n1nc(-c2c(C3(O)CCCCC3)nn3ccccc23)ccc1=O. The molecule has 1 aliphatic rings. The van der Waals surface area contributed by atoms with Crippen molar-refractivity contribution in [1.82, 2.24) is 19.4 Å². The average Bonchev–Trinajstić information content (AvgIpc) is 3.03. The van der Waals surface area contributed by atoms with Crippen LogP contribution < -0.4 is 5.56 Å². The molecular weight excluding hydrogens is 328 g/mol. The van der Waals surface area contributed by atoms with Crippen LogP contribution in [0.4, 0.5) is 0 Å². The van der Waals surface area contributed by atoms with Crippen LogP contribution in [-0.4, -0.2) is 24.5 Å². The zero-order valence-electron chi connectivity index (χ0n) is 15.2. The van der Waals surface area contributed by atoms with Gasteiger partial charge in [0.1, 0.15) is 11.3 Å². The van der Waals surface area contributed by atoms with Crippen molar-refractivity contribution in [3.63, 3.8) is 0 Å². The highest BCUT2D eigenvalue weighted by atomic mass is 16.3. The minimum absolute atomic E-state index is 0.0366. The maximum absolute atomic E-state index is 12.1. The van der Waals surface area contributed by atoms with E-state index in [4.69, 9.17) is 5.10 Å². The average molecular weight is 352 g/mol. The van der Waals surface area contributed by atoms with Gasteiger partial charge in [0.05, 0.1) is 22.8 Å². The molecule has 0 saturated heterocycles. The smallest absolute Gasteiger partial charge is 0.267 e. The van der Waals surface area contributed by atoms with E-state index in [1.54, 1.807) is 16.6 Å². The Balaban J connectivity index is 1.98. The lowest BCUT2D eigenvalue weighted by Crippen LogP contribution is -2.30. The fourth-order valence-electron chi connectivity index (χ4n) is 3.88. The van der Waals surface area contributed by atoms with Gasteiger partial charge in [-0.2, -0.15) is 10.2 Å². The third-order valence-corrected chi connectivity index (χ3v) is 5.23. The van der Waals surface area contributed by atoms with Gasteiger partial charge in [0, 0.05) is 12.3 Å². The lowest BCUT2D eigenvalue weighted by atomic mass is 9.80. The molecule has 6 heteroatoms. The maximum Gasteiger partial charge on any atom is 0.267 e. The molecule has 0 bridgehead atoms. The molecular formula is C20H24N4O2. The first-order chi connectivity index (χ1) is 12.5. The molecule has 0 atom stereocenters. The van der Waals surface area contributed by atoms with Crippen molar-refractivity contribution < 1.29 is 5.11 Å². The quantitative estimate of drug-likeness (QED) is 0.785. The summed E-state index contributed by atoms with van der Waals surface area (Å²) < 4.78 is 3.28. The van der Waals surface area contributed by atoms with E-state index in [9.17, 15) is 9.90 Å². The highest BCUT2D eigenvalue weighted by Crippen LogP contribution is 2.41. The predicted octanol–water partition coefficient (Wildman–Crippen LogP) is 3.29. The van der Waals surface area contributed by atoms with Gasteiger partial charge in [-0.3, -0.25) is 4.79 Å². The molecule has 26 heavy (non-hydrogen) atoms. The molecule has 6 nitrogen and oxygen atoms in total. The number of pyridine rings is 1. The summed E-state index contributed by atoms with van der Waals surface area (Å²) in [6, 6.07) is 9.09. The number of fused-ring (bicyclic) bond motifs is 1. The molecule has 136 valence electrons. The normalized spacial score (nSPS) is 17.1. The van der Waals surface area contributed by atoms with Gasteiger partial charge < -0.3 is 5.11 Å². The van der Waals surface area contributed by atoms with Crippen molar-refractivity contribution in [3.8, 4) is 11.3 Å². The summed E-state index contributed by atoms with van der Waals surface area (Å²) in [6.45, 7) is 3.87. The second-order valence-electron chi connectivity index (χ2n) is 7.44. The van der Waals surface area contributed by atoms with E-state index in [0.717, 1.165) is 30.3 Å². The van der Waals surface area contributed by atoms with E-state index in [0.29, 0.717) is 24.2 Å². The van der Waals surface area contributed by atoms with Gasteiger partial charge in [0.15, 0.2) is 0 Å². The number of aromatic nitrogens is 4. The Labute approximate surface area is 152 Å². The van der Waals surface area contributed by atoms with Crippen LogP contribution in [0.3, 0.4) is 0 Å². The zero-order chi connectivity index (χ0) is 18.3. The van der Waals surface area contributed by atoms with Crippen molar-refractivity contribution >= 4 is 5.52 Å². The Hall–Kier alpha value is -2.47. The van der Waals surface area contributed by atoms with Crippen molar-refractivity contribution in [1.29, 1.82) is 0 Å². The third kappa shape index (κ3) is 2.74. The van der Waals surface area contributed by atoms with Crippen LogP contribution in [0.5, 0.6) is 0 Å². The predicted molar refractivity (Wildman–Crippen MR) is 100 cm³/mol. The van der Waals surface area contributed by atoms with E-state index in [2.05, 4.69) is 5.10 Å². The first kappa shape index (κ1) is 17.0. The van der Waals surface area contributed by atoms with E-state index >= 15 is 0 Å².